The zero-order valence-corrected chi connectivity index (χ0v) is 20.0. The molecule has 0 aliphatic carbocycles. The third-order valence-corrected chi connectivity index (χ3v) is 6.64. The van der Waals surface area contributed by atoms with Crippen LogP contribution in [0.25, 0.3) is 0 Å². The number of carbonyl (C=O) groups excluding carboxylic acids is 1. The lowest BCUT2D eigenvalue weighted by Crippen LogP contribution is -2.32. The number of hydrogen-bond donors (Lipinski definition) is 2. The van der Waals surface area contributed by atoms with Crippen LogP contribution in [0.3, 0.4) is 0 Å². The molecule has 1 atom stereocenters. The van der Waals surface area contributed by atoms with Crippen LogP contribution in [0.15, 0.2) is 59.8 Å². The van der Waals surface area contributed by atoms with Crippen LogP contribution in [0.5, 0.6) is 5.75 Å². The molecule has 2 N–H and O–H groups in total. The number of methoxy groups -OCH3 is 2. The molecule has 0 fully saturated rings. The van der Waals surface area contributed by atoms with E-state index in [1.165, 1.54) is 32.4 Å². The topological polar surface area (TPSA) is 112 Å². The standard InChI is InChI=1S/C22H25ClN4O5S/c1-27-12-10-24-21(27)20(15-4-7-17(23)8-5-15)26-22(28)16-6-9-18(32-3)19(14-16)33(29,30)25-11-13-31-2/h4-10,12,14,20,25H,11,13H2,1-3H3,(H,26,28). The number of amides is 1. The van der Waals surface area contributed by atoms with Crippen LogP contribution in [0, 0.1) is 0 Å². The van der Waals surface area contributed by atoms with Crippen LogP contribution in [0.4, 0.5) is 0 Å². The van der Waals surface area contributed by atoms with Crippen molar-refractivity contribution in [1.29, 1.82) is 0 Å². The van der Waals surface area contributed by atoms with Crippen LogP contribution < -0.4 is 14.8 Å². The molecule has 1 amide bonds. The van der Waals surface area contributed by atoms with Crippen molar-refractivity contribution in [3.8, 4) is 5.75 Å². The number of rotatable bonds is 10. The fourth-order valence-electron chi connectivity index (χ4n) is 3.21. The maximum atomic E-state index is 13.2. The number of aryl methyl sites for hydroxylation is 1. The van der Waals surface area contributed by atoms with Crippen LogP contribution in [0.2, 0.25) is 5.02 Å². The van der Waals surface area contributed by atoms with Gasteiger partial charge in [-0.1, -0.05) is 23.7 Å². The van der Waals surface area contributed by atoms with E-state index in [1.54, 1.807) is 41.2 Å². The number of hydrogen-bond acceptors (Lipinski definition) is 6. The van der Waals surface area contributed by atoms with Crippen molar-refractivity contribution in [3.05, 3.63) is 76.8 Å². The van der Waals surface area contributed by atoms with Gasteiger partial charge in [0.15, 0.2) is 0 Å². The first-order valence-corrected chi connectivity index (χ1v) is 11.8. The van der Waals surface area contributed by atoms with Crippen LogP contribution >= 0.6 is 11.6 Å². The highest BCUT2D eigenvalue weighted by atomic mass is 35.5. The number of benzene rings is 2. The van der Waals surface area contributed by atoms with E-state index in [-0.39, 0.29) is 29.4 Å². The van der Waals surface area contributed by atoms with Crippen LogP contribution in [-0.2, 0) is 21.8 Å². The Kier molecular flexibility index (Phi) is 8.09. The van der Waals surface area contributed by atoms with Gasteiger partial charge in [0.05, 0.1) is 13.7 Å². The van der Waals surface area contributed by atoms with Crippen molar-refractivity contribution in [2.24, 2.45) is 7.05 Å². The van der Waals surface area contributed by atoms with E-state index >= 15 is 0 Å². The molecule has 1 heterocycles. The number of sulfonamides is 1. The van der Waals surface area contributed by atoms with Gasteiger partial charge >= 0.3 is 0 Å². The molecule has 1 aromatic heterocycles. The molecule has 0 radical (unpaired) electrons. The van der Waals surface area contributed by atoms with Crippen molar-refractivity contribution in [1.82, 2.24) is 19.6 Å². The Labute approximate surface area is 197 Å². The fourth-order valence-corrected chi connectivity index (χ4v) is 4.54. The van der Waals surface area contributed by atoms with E-state index in [4.69, 9.17) is 21.1 Å². The first kappa shape index (κ1) is 24.7. The van der Waals surface area contributed by atoms with Gasteiger partial charge in [-0.3, -0.25) is 4.79 Å². The molecule has 0 aliphatic heterocycles. The monoisotopic (exact) mass is 492 g/mol. The first-order chi connectivity index (χ1) is 15.8. The Hall–Kier alpha value is -2.92. The first-order valence-electron chi connectivity index (χ1n) is 9.97. The van der Waals surface area contributed by atoms with Crippen molar-refractivity contribution in [2.45, 2.75) is 10.9 Å². The van der Waals surface area contributed by atoms with Gasteiger partial charge in [0.25, 0.3) is 5.91 Å². The van der Waals surface area contributed by atoms with Gasteiger partial charge in [-0.25, -0.2) is 18.1 Å². The highest BCUT2D eigenvalue weighted by molar-refractivity contribution is 7.89. The zero-order valence-electron chi connectivity index (χ0n) is 18.4. The molecular formula is C22H25ClN4O5S. The summed E-state index contributed by atoms with van der Waals surface area (Å²) in [6.07, 6.45) is 3.41. The third-order valence-electron chi connectivity index (χ3n) is 4.91. The average molecular weight is 493 g/mol. The lowest BCUT2D eigenvalue weighted by Gasteiger charge is -2.20. The number of imidazole rings is 1. The molecular weight excluding hydrogens is 468 g/mol. The van der Waals surface area contributed by atoms with Gasteiger partial charge in [0, 0.05) is 43.7 Å². The number of ether oxygens (including phenoxy) is 2. The van der Waals surface area contributed by atoms with Gasteiger partial charge in [-0.2, -0.15) is 0 Å². The summed E-state index contributed by atoms with van der Waals surface area (Å²) in [4.78, 5) is 17.4. The summed E-state index contributed by atoms with van der Waals surface area (Å²) in [5.74, 6) is 0.247. The summed E-state index contributed by atoms with van der Waals surface area (Å²) in [6.45, 7) is 0.282. The Morgan fingerprint density at radius 3 is 2.52 bits per heavy atom. The second-order valence-corrected chi connectivity index (χ2v) is 9.28. The fraction of sp³-hybridized carbons (Fsp3) is 0.273. The van der Waals surface area contributed by atoms with Crippen molar-refractivity contribution < 1.29 is 22.7 Å². The van der Waals surface area contributed by atoms with E-state index in [2.05, 4.69) is 15.0 Å². The smallest absolute Gasteiger partial charge is 0.252 e. The zero-order chi connectivity index (χ0) is 24.0. The molecule has 1 unspecified atom stereocenters. The van der Waals surface area contributed by atoms with Crippen molar-refractivity contribution in [2.75, 3.05) is 27.4 Å². The second kappa shape index (κ2) is 10.8. The normalized spacial score (nSPS) is 12.4. The molecule has 2 aromatic carbocycles. The third kappa shape index (κ3) is 5.91. The molecule has 0 saturated heterocycles. The molecule has 3 aromatic rings. The lowest BCUT2D eigenvalue weighted by atomic mass is 10.1. The minimum atomic E-state index is -3.93. The largest absolute Gasteiger partial charge is 0.495 e. The molecule has 0 bridgehead atoms. The predicted octanol–water partition coefficient (Wildman–Crippen LogP) is 2.53. The van der Waals surface area contributed by atoms with Gasteiger partial charge in [-0.05, 0) is 35.9 Å². The Balaban J connectivity index is 1.94. The maximum absolute atomic E-state index is 13.2. The molecule has 9 nitrogen and oxygen atoms in total. The van der Waals surface area contributed by atoms with Gasteiger partial charge in [0.1, 0.15) is 22.5 Å². The molecule has 33 heavy (non-hydrogen) atoms. The molecule has 0 spiro atoms. The second-order valence-electron chi connectivity index (χ2n) is 7.11. The van der Waals surface area contributed by atoms with E-state index in [9.17, 15) is 13.2 Å². The summed E-state index contributed by atoms with van der Waals surface area (Å²) in [7, 11) is 0.721. The highest BCUT2D eigenvalue weighted by Crippen LogP contribution is 2.26. The SMILES string of the molecule is COCCNS(=O)(=O)c1cc(C(=O)NC(c2ccc(Cl)cc2)c2nccn2C)ccc1OC. The van der Waals surface area contributed by atoms with Crippen LogP contribution in [-0.4, -0.2) is 51.2 Å². The minimum Gasteiger partial charge on any atom is -0.495 e. The average Bonchev–Trinajstić information content (AvgIpc) is 3.23. The number of carbonyl (C=O) groups is 1. The summed E-state index contributed by atoms with van der Waals surface area (Å²) in [6, 6.07) is 10.7. The highest BCUT2D eigenvalue weighted by Gasteiger charge is 2.25. The summed E-state index contributed by atoms with van der Waals surface area (Å²) in [5, 5.41) is 3.50. The molecule has 176 valence electrons. The van der Waals surface area contributed by atoms with E-state index < -0.39 is 22.0 Å². The van der Waals surface area contributed by atoms with Crippen LogP contribution in [0.1, 0.15) is 27.8 Å². The van der Waals surface area contributed by atoms with Gasteiger partial charge < -0.3 is 19.4 Å². The van der Waals surface area contributed by atoms with E-state index in [0.29, 0.717) is 10.8 Å². The van der Waals surface area contributed by atoms with Crippen molar-refractivity contribution >= 4 is 27.5 Å². The summed E-state index contributed by atoms with van der Waals surface area (Å²) >= 11 is 6.02. The number of nitrogens with one attached hydrogen (secondary N) is 2. The minimum absolute atomic E-state index is 0.0796. The quantitative estimate of drug-likeness (QED) is 0.421. The predicted molar refractivity (Wildman–Crippen MR) is 124 cm³/mol. The summed E-state index contributed by atoms with van der Waals surface area (Å²) in [5.41, 5.74) is 0.917. The van der Waals surface area contributed by atoms with Crippen molar-refractivity contribution in [3.63, 3.8) is 0 Å². The van der Waals surface area contributed by atoms with E-state index in [0.717, 1.165) is 5.56 Å². The molecule has 3 rings (SSSR count). The Bertz CT molecular complexity index is 1210. The number of halogens is 1. The Morgan fingerprint density at radius 2 is 1.91 bits per heavy atom. The van der Waals surface area contributed by atoms with Gasteiger partial charge in [0.2, 0.25) is 10.0 Å². The maximum Gasteiger partial charge on any atom is 0.252 e. The van der Waals surface area contributed by atoms with E-state index in [1.807, 2.05) is 7.05 Å². The molecule has 0 saturated carbocycles. The lowest BCUT2D eigenvalue weighted by molar-refractivity contribution is 0.0941. The number of nitrogens with zero attached hydrogens (tertiary/aromatic N) is 2. The number of aromatic nitrogens is 2. The van der Waals surface area contributed by atoms with Gasteiger partial charge in [-0.15, -0.1) is 0 Å². The molecule has 11 heteroatoms. The Morgan fingerprint density at radius 1 is 1.18 bits per heavy atom. The molecule has 0 aliphatic rings. The summed E-state index contributed by atoms with van der Waals surface area (Å²) < 4.78 is 39.8.